The largest absolute Gasteiger partial charge is 0.276 e. The smallest absolute Gasteiger partial charge is 0.267 e. The number of pyridine rings is 1. The molecule has 0 bridgehead atoms. The molecule has 0 radical (unpaired) electrons. The van der Waals surface area contributed by atoms with Crippen molar-refractivity contribution in [1.82, 2.24) is 9.78 Å². The van der Waals surface area contributed by atoms with Crippen molar-refractivity contribution in [1.29, 1.82) is 0 Å². The molecule has 1 saturated heterocycles. The number of H-pyrrole nitrogens is 1. The monoisotopic (exact) mass is 343 g/mol. The fourth-order valence-corrected chi connectivity index (χ4v) is 4.22. The minimum absolute atomic E-state index is 0.101. The third-order valence-corrected chi connectivity index (χ3v) is 5.77. The molecule has 0 unspecified atom stereocenters. The standard InChI is InChI=1S/C13H15ClN4O3S/c1-8-11-9(13(19)17(2)16-8)7-10(15-12(11)14)18-3-5-22(20,21)6-4-18/h7H,3-6H2,1-2H3/p+1. The summed E-state index contributed by atoms with van der Waals surface area (Å²) < 4.78 is 24.3. The second-order valence-electron chi connectivity index (χ2n) is 5.41. The number of hydrogen-bond acceptors (Lipinski definition) is 5. The van der Waals surface area contributed by atoms with E-state index in [4.69, 9.17) is 11.6 Å². The average molecular weight is 344 g/mol. The summed E-state index contributed by atoms with van der Waals surface area (Å²) >= 11 is 6.28. The van der Waals surface area contributed by atoms with E-state index in [1.54, 1.807) is 20.0 Å². The van der Waals surface area contributed by atoms with E-state index in [9.17, 15) is 13.2 Å². The van der Waals surface area contributed by atoms with Crippen LogP contribution in [0.1, 0.15) is 5.69 Å². The van der Waals surface area contributed by atoms with Crippen molar-refractivity contribution in [2.24, 2.45) is 7.05 Å². The van der Waals surface area contributed by atoms with Crippen LogP contribution in [0.5, 0.6) is 0 Å². The predicted octanol–water partition coefficient (Wildman–Crippen LogP) is -0.0558. The van der Waals surface area contributed by atoms with Crippen molar-refractivity contribution in [3.63, 3.8) is 0 Å². The molecule has 118 valence electrons. The molecular formula is C13H16ClN4O3S+. The van der Waals surface area contributed by atoms with Crippen LogP contribution < -0.4 is 15.4 Å². The molecule has 1 fully saturated rings. The van der Waals surface area contributed by atoms with Gasteiger partial charge in [-0.05, 0) is 18.5 Å². The highest BCUT2D eigenvalue weighted by atomic mass is 35.5. The molecule has 0 aliphatic carbocycles. The van der Waals surface area contributed by atoms with Crippen molar-refractivity contribution in [3.8, 4) is 0 Å². The fourth-order valence-electron chi connectivity index (χ4n) is 2.68. The number of hydrogen-bond donors (Lipinski definition) is 0. The summed E-state index contributed by atoms with van der Waals surface area (Å²) in [6, 6.07) is 1.72. The minimum Gasteiger partial charge on any atom is -0.267 e. The molecule has 9 heteroatoms. The lowest BCUT2D eigenvalue weighted by atomic mass is 10.2. The average Bonchev–Trinajstić information content (AvgIpc) is 2.44. The van der Waals surface area contributed by atoms with Gasteiger partial charge in [0.05, 0.1) is 41.1 Å². The Hall–Kier alpha value is -1.67. The Labute approximate surface area is 132 Å². The summed E-state index contributed by atoms with van der Waals surface area (Å²) in [4.78, 5) is 17.2. The summed E-state index contributed by atoms with van der Waals surface area (Å²) in [5.41, 5.74) is 0.425. The van der Waals surface area contributed by atoms with Gasteiger partial charge in [0.25, 0.3) is 11.4 Å². The van der Waals surface area contributed by atoms with Crippen molar-refractivity contribution in [2.75, 3.05) is 29.5 Å². The Morgan fingerprint density at radius 3 is 2.59 bits per heavy atom. The number of anilines is 1. The molecule has 2 aromatic heterocycles. The Morgan fingerprint density at radius 2 is 1.95 bits per heavy atom. The summed E-state index contributed by atoms with van der Waals surface area (Å²) in [5.74, 6) is 0.850. The van der Waals surface area contributed by atoms with E-state index in [-0.39, 0.29) is 17.1 Å². The molecule has 2 aromatic rings. The number of nitrogens with zero attached hydrogens (tertiary/aromatic N) is 3. The molecule has 1 aliphatic rings. The van der Waals surface area contributed by atoms with Crippen LogP contribution in [0.25, 0.3) is 10.8 Å². The maximum absolute atomic E-state index is 12.3. The highest BCUT2D eigenvalue weighted by molar-refractivity contribution is 7.91. The van der Waals surface area contributed by atoms with E-state index in [1.807, 2.05) is 4.90 Å². The summed E-state index contributed by atoms with van der Waals surface area (Å²) in [7, 11) is -1.37. The molecule has 0 spiro atoms. The van der Waals surface area contributed by atoms with Gasteiger partial charge in [-0.1, -0.05) is 0 Å². The summed E-state index contributed by atoms with van der Waals surface area (Å²) in [6.07, 6.45) is 0. The van der Waals surface area contributed by atoms with Gasteiger partial charge in [-0.2, -0.15) is 5.10 Å². The summed E-state index contributed by atoms with van der Waals surface area (Å²) in [5, 5.41) is 5.54. The minimum atomic E-state index is -2.96. The summed E-state index contributed by atoms with van der Waals surface area (Å²) in [6.45, 7) is 2.55. The van der Waals surface area contributed by atoms with Gasteiger partial charge < -0.3 is 0 Å². The van der Waals surface area contributed by atoms with Gasteiger partial charge in [0, 0.05) is 13.1 Å². The Kier molecular flexibility index (Phi) is 3.60. The molecule has 22 heavy (non-hydrogen) atoms. The second-order valence-corrected chi connectivity index (χ2v) is 8.09. The van der Waals surface area contributed by atoms with Crippen molar-refractivity contribution >= 4 is 38.0 Å². The quantitative estimate of drug-likeness (QED) is 0.677. The molecule has 0 saturated carbocycles. The first-order chi connectivity index (χ1) is 10.3. The molecular weight excluding hydrogens is 328 g/mol. The lowest BCUT2D eigenvalue weighted by Gasteiger charge is -2.21. The van der Waals surface area contributed by atoms with Gasteiger partial charge in [0.2, 0.25) is 5.15 Å². The number of halogens is 1. The number of aromatic amines is 1. The van der Waals surface area contributed by atoms with E-state index in [2.05, 4.69) is 10.1 Å². The van der Waals surface area contributed by atoms with E-state index >= 15 is 0 Å². The normalized spacial score (nSPS) is 17.9. The highest BCUT2D eigenvalue weighted by Gasteiger charge is 2.29. The number of nitrogens with one attached hydrogen (secondary N) is 1. The Morgan fingerprint density at radius 1 is 1.32 bits per heavy atom. The highest BCUT2D eigenvalue weighted by Crippen LogP contribution is 2.23. The van der Waals surface area contributed by atoms with E-state index in [1.165, 1.54) is 4.68 Å². The topological polar surface area (TPSA) is 86.4 Å². The first kappa shape index (κ1) is 15.2. The maximum atomic E-state index is 12.3. The van der Waals surface area contributed by atoms with Gasteiger partial charge in [-0.15, -0.1) is 0 Å². The lowest BCUT2D eigenvalue weighted by Crippen LogP contribution is -2.43. The van der Waals surface area contributed by atoms with Crippen LogP contribution in [0, 0.1) is 6.92 Å². The van der Waals surface area contributed by atoms with Gasteiger partial charge in [-0.3, -0.25) is 9.69 Å². The first-order valence-corrected chi connectivity index (χ1v) is 9.03. The molecule has 0 atom stereocenters. The third-order valence-electron chi connectivity index (χ3n) is 3.88. The van der Waals surface area contributed by atoms with Gasteiger partial charge >= 0.3 is 0 Å². The zero-order valence-electron chi connectivity index (χ0n) is 12.3. The van der Waals surface area contributed by atoms with E-state index in [0.717, 1.165) is 0 Å². The number of aryl methyl sites for hydroxylation is 2. The van der Waals surface area contributed by atoms with Gasteiger partial charge in [0.1, 0.15) is 0 Å². The molecule has 0 aromatic carbocycles. The van der Waals surface area contributed by atoms with Crippen LogP contribution in [0.15, 0.2) is 10.9 Å². The molecule has 3 heterocycles. The van der Waals surface area contributed by atoms with E-state index < -0.39 is 9.84 Å². The SMILES string of the molecule is Cc1nn(C)c(=O)c2cc(N3CCS(=O)(=O)CC3)[nH+]c(Cl)c12. The van der Waals surface area contributed by atoms with Crippen LogP contribution in [0.4, 0.5) is 5.82 Å². The molecule has 0 amide bonds. The van der Waals surface area contributed by atoms with E-state index in [0.29, 0.717) is 40.5 Å². The van der Waals surface area contributed by atoms with Crippen LogP contribution in [-0.2, 0) is 16.9 Å². The van der Waals surface area contributed by atoms with Crippen LogP contribution in [-0.4, -0.2) is 42.8 Å². The molecule has 7 nitrogen and oxygen atoms in total. The Balaban J connectivity index is 2.14. The Bertz CT molecular complexity index is 909. The van der Waals surface area contributed by atoms with Crippen molar-refractivity contribution < 1.29 is 13.4 Å². The van der Waals surface area contributed by atoms with Crippen LogP contribution >= 0.6 is 11.6 Å². The zero-order chi connectivity index (χ0) is 16.1. The second kappa shape index (κ2) is 5.20. The number of fused-ring (bicyclic) bond motifs is 1. The predicted molar refractivity (Wildman–Crippen MR) is 84.2 cm³/mol. The zero-order valence-corrected chi connectivity index (χ0v) is 13.8. The van der Waals surface area contributed by atoms with Crippen LogP contribution in [0.3, 0.4) is 0 Å². The molecule has 3 rings (SSSR count). The number of aromatic nitrogens is 3. The fraction of sp³-hybridized carbons (Fsp3) is 0.462. The number of rotatable bonds is 1. The van der Waals surface area contributed by atoms with Crippen molar-refractivity contribution in [3.05, 3.63) is 27.3 Å². The van der Waals surface area contributed by atoms with Gasteiger partial charge in [0.15, 0.2) is 9.84 Å². The van der Waals surface area contributed by atoms with Gasteiger partial charge in [-0.25, -0.2) is 18.1 Å². The molecule has 1 aliphatic heterocycles. The first-order valence-electron chi connectivity index (χ1n) is 6.83. The lowest BCUT2D eigenvalue weighted by molar-refractivity contribution is -0.359. The molecule has 1 N–H and O–H groups in total. The van der Waals surface area contributed by atoms with Crippen molar-refractivity contribution in [2.45, 2.75) is 6.92 Å². The maximum Gasteiger partial charge on any atom is 0.276 e. The third kappa shape index (κ3) is 2.56. The van der Waals surface area contributed by atoms with Crippen LogP contribution in [0.2, 0.25) is 5.15 Å². The number of sulfone groups is 1.